The Hall–Kier alpha value is -0.940. The number of aryl methyl sites for hydroxylation is 1. The third-order valence-corrected chi connectivity index (χ3v) is 2.18. The molecule has 0 spiro atoms. The van der Waals surface area contributed by atoms with Crippen LogP contribution in [0.4, 0.5) is 5.69 Å². The minimum atomic E-state index is -0.516. The van der Waals surface area contributed by atoms with Gasteiger partial charge < -0.3 is 11.1 Å². The second kappa shape index (κ2) is 4.52. The zero-order chi connectivity index (χ0) is 10.7. The van der Waals surface area contributed by atoms with Gasteiger partial charge in [0.2, 0.25) is 5.91 Å². The van der Waals surface area contributed by atoms with E-state index in [0.29, 0.717) is 5.69 Å². The van der Waals surface area contributed by atoms with Gasteiger partial charge in [-0.3, -0.25) is 4.79 Å². The first-order valence-electron chi connectivity index (χ1n) is 4.19. The first kappa shape index (κ1) is 11.1. The lowest BCUT2D eigenvalue weighted by atomic mass is 10.2. The Morgan fingerprint density at radius 1 is 1.71 bits per heavy atom. The molecule has 14 heavy (non-hydrogen) atoms. The number of hydrogen-bond acceptors (Lipinski definition) is 3. The minimum Gasteiger partial charge on any atom is -0.323 e. The van der Waals surface area contributed by atoms with Crippen LogP contribution in [0.1, 0.15) is 12.5 Å². The highest BCUT2D eigenvalue weighted by atomic mass is 79.9. The third kappa shape index (κ3) is 2.78. The Bertz CT molecular complexity index is 352. The summed E-state index contributed by atoms with van der Waals surface area (Å²) in [6.07, 6.45) is 1.60. The molecule has 4 nitrogen and oxygen atoms in total. The number of nitrogens with zero attached hydrogens (tertiary/aromatic N) is 1. The Morgan fingerprint density at radius 3 is 2.86 bits per heavy atom. The van der Waals surface area contributed by atoms with Crippen LogP contribution >= 0.6 is 15.9 Å². The van der Waals surface area contributed by atoms with Crippen molar-refractivity contribution in [3.05, 3.63) is 22.4 Å². The average molecular weight is 258 g/mol. The molecule has 76 valence electrons. The molecule has 0 radical (unpaired) electrons. The zero-order valence-electron chi connectivity index (χ0n) is 8.04. The fraction of sp³-hybridized carbons (Fsp3) is 0.333. The highest BCUT2D eigenvalue weighted by molar-refractivity contribution is 9.10. The van der Waals surface area contributed by atoms with Gasteiger partial charge in [-0.1, -0.05) is 0 Å². The van der Waals surface area contributed by atoms with Crippen molar-refractivity contribution in [1.29, 1.82) is 0 Å². The molecule has 0 aromatic carbocycles. The number of carbonyl (C=O) groups is 1. The van der Waals surface area contributed by atoms with Gasteiger partial charge in [0.15, 0.2) is 0 Å². The Labute approximate surface area is 91.0 Å². The normalized spacial score (nSPS) is 12.3. The predicted octanol–water partition coefficient (Wildman–Crippen LogP) is 1.44. The van der Waals surface area contributed by atoms with Crippen LogP contribution in [-0.4, -0.2) is 16.9 Å². The number of pyridine rings is 1. The fourth-order valence-electron chi connectivity index (χ4n) is 0.899. The lowest BCUT2D eigenvalue weighted by Crippen LogP contribution is -2.32. The first-order valence-corrected chi connectivity index (χ1v) is 4.98. The molecular weight excluding hydrogens is 246 g/mol. The van der Waals surface area contributed by atoms with Crippen LogP contribution in [0.3, 0.4) is 0 Å². The summed E-state index contributed by atoms with van der Waals surface area (Å²) in [4.78, 5) is 15.3. The van der Waals surface area contributed by atoms with Gasteiger partial charge >= 0.3 is 0 Å². The summed E-state index contributed by atoms with van der Waals surface area (Å²) in [6.45, 7) is 3.53. The number of anilines is 1. The average Bonchev–Trinajstić information content (AvgIpc) is 2.09. The Kier molecular flexibility index (Phi) is 3.60. The van der Waals surface area contributed by atoms with E-state index < -0.39 is 6.04 Å². The molecule has 0 fully saturated rings. The molecule has 3 N–H and O–H groups in total. The number of aromatic nitrogens is 1. The van der Waals surface area contributed by atoms with Gasteiger partial charge in [0.05, 0.1) is 17.9 Å². The van der Waals surface area contributed by atoms with Crippen LogP contribution in [0, 0.1) is 6.92 Å². The number of nitrogens with one attached hydrogen (secondary N) is 1. The lowest BCUT2D eigenvalue weighted by Gasteiger charge is -2.09. The van der Waals surface area contributed by atoms with Gasteiger partial charge in [0.25, 0.3) is 0 Å². The summed E-state index contributed by atoms with van der Waals surface area (Å²) in [5, 5.41) is 2.69. The number of amides is 1. The SMILES string of the molecule is Cc1cc(Br)ncc1NC(=O)[C@H](C)N. The van der Waals surface area contributed by atoms with Gasteiger partial charge in [-0.2, -0.15) is 0 Å². The van der Waals surface area contributed by atoms with Gasteiger partial charge in [0, 0.05) is 0 Å². The minimum absolute atomic E-state index is 0.211. The maximum atomic E-state index is 11.3. The maximum Gasteiger partial charge on any atom is 0.241 e. The third-order valence-electron chi connectivity index (χ3n) is 1.75. The molecule has 1 rings (SSSR count). The summed E-state index contributed by atoms with van der Waals surface area (Å²) in [7, 11) is 0. The standard InChI is InChI=1S/C9H12BrN3O/c1-5-3-8(10)12-4-7(5)13-9(14)6(2)11/h3-4,6H,11H2,1-2H3,(H,13,14)/t6-/m0/s1. The predicted molar refractivity (Wildman–Crippen MR) is 59.0 cm³/mol. The summed E-state index contributed by atoms with van der Waals surface area (Å²) in [6, 6.07) is 1.31. The molecule has 0 saturated heterocycles. The Morgan fingerprint density at radius 2 is 2.36 bits per heavy atom. The molecule has 0 saturated carbocycles. The van der Waals surface area contributed by atoms with Crippen molar-refractivity contribution >= 4 is 27.5 Å². The number of rotatable bonds is 2. The van der Waals surface area contributed by atoms with E-state index in [-0.39, 0.29) is 5.91 Å². The van der Waals surface area contributed by atoms with Crippen LogP contribution in [0.5, 0.6) is 0 Å². The number of nitrogens with two attached hydrogens (primary N) is 1. The van der Waals surface area contributed by atoms with Crippen molar-refractivity contribution in [1.82, 2.24) is 4.98 Å². The topological polar surface area (TPSA) is 68.0 Å². The second-order valence-electron chi connectivity index (χ2n) is 3.10. The summed E-state index contributed by atoms with van der Waals surface area (Å²) >= 11 is 3.24. The molecule has 0 aliphatic carbocycles. The summed E-state index contributed by atoms with van der Waals surface area (Å²) in [5.41, 5.74) is 7.06. The van der Waals surface area contributed by atoms with Crippen molar-refractivity contribution in [2.24, 2.45) is 5.73 Å². The van der Waals surface area contributed by atoms with Crippen molar-refractivity contribution in [3.8, 4) is 0 Å². The van der Waals surface area contributed by atoms with Crippen molar-refractivity contribution in [2.75, 3.05) is 5.32 Å². The van der Waals surface area contributed by atoms with Gasteiger partial charge in [-0.15, -0.1) is 0 Å². The quantitative estimate of drug-likeness (QED) is 0.788. The molecule has 0 aliphatic heterocycles. The van der Waals surface area contributed by atoms with E-state index in [2.05, 4.69) is 26.2 Å². The molecule has 1 atom stereocenters. The van der Waals surface area contributed by atoms with E-state index in [1.54, 1.807) is 13.1 Å². The molecule has 0 aliphatic rings. The summed E-state index contributed by atoms with van der Waals surface area (Å²) < 4.78 is 0.744. The van der Waals surface area contributed by atoms with Crippen LogP contribution < -0.4 is 11.1 Å². The van der Waals surface area contributed by atoms with Crippen LogP contribution in [-0.2, 0) is 4.79 Å². The van der Waals surface area contributed by atoms with Crippen molar-refractivity contribution in [2.45, 2.75) is 19.9 Å². The molecule has 5 heteroatoms. The van der Waals surface area contributed by atoms with E-state index in [0.717, 1.165) is 10.2 Å². The van der Waals surface area contributed by atoms with Crippen LogP contribution in [0.2, 0.25) is 0 Å². The largest absolute Gasteiger partial charge is 0.323 e. The van der Waals surface area contributed by atoms with Crippen LogP contribution in [0.15, 0.2) is 16.9 Å². The van der Waals surface area contributed by atoms with E-state index in [9.17, 15) is 4.79 Å². The lowest BCUT2D eigenvalue weighted by molar-refractivity contribution is -0.117. The van der Waals surface area contributed by atoms with E-state index in [1.165, 1.54) is 0 Å². The molecule has 1 heterocycles. The van der Waals surface area contributed by atoms with Gasteiger partial charge in [-0.25, -0.2) is 4.98 Å². The van der Waals surface area contributed by atoms with Crippen LogP contribution in [0.25, 0.3) is 0 Å². The molecule has 1 aromatic rings. The molecule has 0 unspecified atom stereocenters. The van der Waals surface area contributed by atoms with E-state index in [1.807, 2.05) is 13.0 Å². The van der Waals surface area contributed by atoms with Crippen molar-refractivity contribution in [3.63, 3.8) is 0 Å². The number of hydrogen-bond donors (Lipinski definition) is 2. The fourth-order valence-corrected chi connectivity index (χ4v) is 1.34. The first-order chi connectivity index (χ1) is 6.50. The zero-order valence-corrected chi connectivity index (χ0v) is 9.63. The summed E-state index contributed by atoms with van der Waals surface area (Å²) in [5.74, 6) is -0.211. The maximum absolute atomic E-state index is 11.3. The second-order valence-corrected chi connectivity index (χ2v) is 3.91. The smallest absolute Gasteiger partial charge is 0.241 e. The van der Waals surface area contributed by atoms with Crippen molar-refractivity contribution < 1.29 is 4.79 Å². The molecule has 1 amide bonds. The highest BCUT2D eigenvalue weighted by Gasteiger charge is 2.09. The Balaban J connectivity index is 2.82. The highest BCUT2D eigenvalue weighted by Crippen LogP contribution is 2.17. The molecular formula is C9H12BrN3O. The van der Waals surface area contributed by atoms with E-state index in [4.69, 9.17) is 5.73 Å². The molecule has 0 bridgehead atoms. The molecule has 1 aromatic heterocycles. The van der Waals surface area contributed by atoms with Gasteiger partial charge in [0.1, 0.15) is 4.60 Å². The van der Waals surface area contributed by atoms with E-state index >= 15 is 0 Å². The number of carbonyl (C=O) groups excluding carboxylic acids is 1. The van der Waals surface area contributed by atoms with Gasteiger partial charge in [-0.05, 0) is 41.4 Å². The number of halogens is 1. The monoisotopic (exact) mass is 257 g/mol.